The van der Waals surface area contributed by atoms with Crippen LogP contribution in [0.3, 0.4) is 0 Å². The second-order valence-electron chi connectivity index (χ2n) is 6.34. The van der Waals surface area contributed by atoms with E-state index in [1.165, 1.54) is 0 Å². The third-order valence-electron chi connectivity index (χ3n) is 4.69. The van der Waals surface area contributed by atoms with Gasteiger partial charge in [-0.05, 0) is 48.2 Å². The second-order valence-corrected chi connectivity index (χ2v) is 6.34. The molecule has 2 atom stereocenters. The van der Waals surface area contributed by atoms with E-state index in [0.717, 1.165) is 23.2 Å². The van der Waals surface area contributed by atoms with E-state index in [9.17, 15) is 4.79 Å². The van der Waals surface area contributed by atoms with Crippen molar-refractivity contribution in [1.29, 1.82) is 0 Å². The summed E-state index contributed by atoms with van der Waals surface area (Å²) in [4.78, 5) is 12.2. The number of anilines is 1. The van der Waals surface area contributed by atoms with Gasteiger partial charge in [-0.2, -0.15) is 0 Å². The zero-order valence-corrected chi connectivity index (χ0v) is 14.5. The van der Waals surface area contributed by atoms with Crippen molar-refractivity contribution in [3.05, 3.63) is 53.6 Å². The van der Waals surface area contributed by atoms with Crippen molar-refractivity contribution in [2.75, 3.05) is 26.6 Å². The Kier molecular flexibility index (Phi) is 5.12. The molecular weight excluding hydrogens is 318 g/mol. The van der Waals surface area contributed by atoms with Crippen molar-refractivity contribution < 1.29 is 19.0 Å². The summed E-state index contributed by atoms with van der Waals surface area (Å²) in [5.74, 6) is 1.27. The van der Waals surface area contributed by atoms with Crippen LogP contribution in [0.2, 0.25) is 0 Å². The average Bonchev–Trinajstić information content (AvgIpc) is 2.96. The first-order valence-corrected chi connectivity index (χ1v) is 8.32. The van der Waals surface area contributed by atoms with E-state index in [2.05, 4.69) is 0 Å². The molecule has 1 heterocycles. The molecular formula is C20H23NO4. The monoisotopic (exact) mass is 341 g/mol. The third kappa shape index (κ3) is 3.87. The quantitative estimate of drug-likeness (QED) is 0.646. The molecule has 0 aromatic heterocycles. The number of nitrogens with two attached hydrogens (primary N) is 1. The molecule has 5 heteroatoms. The summed E-state index contributed by atoms with van der Waals surface area (Å²) in [6.07, 6.45) is 1.42. The highest BCUT2D eigenvalue weighted by Gasteiger charge is 2.36. The Hall–Kier alpha value is -2.69. The Bertz CT molecular complexity index is 742. The maximum absolute atomic E-state index is 12.2. The molecule has 1 aliphatic heterocycles. The van der Waals surface area contributed by atoms with Crippen LogP contribution >= 0.6 is 0 Å². The molecule has 0 bridgehead atoms. The van der Waals surface area contributed by atoms with E-state index in [1.807, 2.05) is 42.5 Å². The smallest absolute Gasteiger partial charge is 0.309 e. The van der Waals surface area contributed by atoms with Crippen molar-refractivity contribution in [3.63, 3.8) is 0 Å². The molecule has 0 amide bonds. The maximum atomic E-state index is 12.2. The van der Waals surface area contributed by atoms with Gasteiger partial charge < -0.3 is 19.9 Å². The summed E-state index contributed by atoms with van der Waals surface area (Å²) in [5.41, 5.74) is 8.64. The summed E-state index contributed by atoms with van der Waals surface area (Å²) < 4.78 is 16.0. The number of carbonyl (C=O) groups is 1. The van der Waals surface area contributed by atoms with Crippen LogP contribution in [0.15, 0.2) is 42.5 Å². The number of cyclic esters (lactones) is 1. The highest BCUT2D eigenvalue weighted by molar-refractivity contribution is 5.75. The number of carbonyl (C=O) groups excluding carboxylic acids is 1. The van der Waals surface area contributed by atoms with Crippen molar-refractivity contribution in [1.82, 2.24) is 0 Å². The number of hydrogen-bond acceptors (Lipinski definition) is 5. The number of nitrogen functional groups attached to an aromatic ring is 1. The van der Waals surface area contributed by atoms with Gasteiger partial charge in [-0.1, -0.05) is 18.2 Å². The van der Waals surface area contributed by atoms with Gasteiger partial charge in [0, 0.05) is 11.6 Å². The number of ether oxygens (including phenoxy) is 3. The Morgan fingerprint density at radius 2 is 1.68 bits per heavy atom. The average molecular weight is 341 g/mol. The van der Waals surface area contributed by atoms with Gasteiger partial charge in [-0.3, -0.25) is 4.79 Å². The van der Waals surface area contributed by atoms with Gasteiger partial charge in [0.15, 0.2) is 11.5 Å². The number of esters is 1. The molecule has 3 rings (SSSR count). The minimum absolute atomic E-state index is 0.123. The first-order valence-electron chi connectivity index (χ1n) is 8.32. The van der Waals surface area contributed by atoms with Crippen LogP contribution in [-0.2, 0) is 22.4 Å². The standard InChI is InChI=1S/C20H23NO4/c1-23-18-8-5-14(11-19(18)24-2)9-15-12-25-20(22)17(15)10-13-3-6-16(21)7-4-13/h3-8,11,15,17H,9-10,12,21H2,1-2H3. The summed E-state index contributed by atoms with van der Waals surface area (Å²) in [6, 6.07) is 13.5. The van der Waals surface area contributed by atoms with Crippen LogP contribution in [0.5, 0.6) is 11.5 Å². The summed E-state index contributed by atoms with van der Waals surface area (Å²) in [7, 11) is 3.23. The predicted octanol–water partition coefficient (Wildman–Crippen LogP) is 2.86. The van der Waals surface area contributed by atoms with Crippen molar-refractivity contribution in [2.45, 2.75) is 12.8 Å². The Balaban J connectivity index is 1.74. The van der Waals surface area contributed by atoms with Crippen molar-refractivity contribution in [3.8, 4) is 11.5 Å². The van der Waals surface area contributed by atoms with Crippen molar-refractivity contribution >= 4 is 11.7 Å². The molecule has 0 aliphatic carbocycles. The highest BCUT2D eigenvalue weighted by atomic mass is 16.5. The van der Waals surface area contributed by atoms with E-state index in [0.29, 0.717) is 24.5 Å². The molecule has 2 aromatic carbocycles. The normalized spacial score (nSPS) is 19.5. The first kappa shape index (κ1) is 17.1. The van der Waals surface area contributed by atoms with Crippen LogP contribution in [0, 0.1) is 11.8 Å². The second kappa shape index (κ2) is 7.47. The van der Waals surface area contributed by atoms with E-state index in [4.69, 9.17) is 19.9 Å². The molecule has 25 heavy (non-hydrogen) atoms. The lowest BCUT2D eigenvalue weighted by Crippen LogP contribution is -2.20. The Morgan fingerprint density at radius 3 is 2.36 bits per heavy atom. The minimum atomic E-state index is -0.142. The number of benzene rings is 2. The van der Waals surface area contributed by atoms with Gasteiger partial charge in [0.25, 0.3) is 0 Å². The van der Waals surface area contributed by atoms with E-state index in [1.54, 1.807) is 14.2 Å². The number of hydrogen-bond donors (Lipinski definition) is 1. The van der Waals surface area contributed by atoms with Crippen LogP contribution in [0.25, 0.3) is 0 Å². The van der Waals surface area contributed by atoms with Gasteiger partial charge in [0.05, 0.1) is 26.7 Å². The van der Waals surface area contributed by atoms with Crippen LogP contribution in [0.1, 0.15) is 11.1 Å². The molecule has 132 valence electrons. The highest BCUT2D eigenvalue weighted by Crippen LogP contribution is 2.33. The predicted molar refractivity (Wildman–Crippen MR) is 95.7 cm³/mol. The first-order chi connectivity index (χ1) is 12.1. The molecule has 1 aliphatic rings. The minimum Gasteiger partial charge on any atom is -0.493 e. The fraction of sp³-hybridized carbons (Fsp3) is 0.350. The van der Waals surface area contributed by atoms with Crippen LogP contribution in [0.4, 0.5) is 5.69 Å². The van der Waals surface area contributed by atoms with Gasteiger partial charge in [-0.15, -0.1) is 0 Å². The summed E-state index contributed by atoms with van der Waals surface area (Å²) >= 11 is 0. The van der Waals surface area contributed by atoms with E-state index < -0.39 is 0 Å². The molecule has 0 radical (unpaired) electrons. The van der Waals surface area contributed by atoms with Crippen LogP contribution < -0.4 is 15.2 Å². The van der Waals surface area contributed by atoms with Gasteiger partial charge in [0.2, 0.25) is 0 Å². The molecule has 2 aromatic rings. The lowest BCUT2D eigenvalue weighted by molar-refractivity contribution is -0.141. The fourth-order valence-electron chi connectivity index (χ4n) is 3.27. The number of methoxy groups -OCH3 is 2. The molecule has 0 saturated carbocycles. The molecule has 1 fully saturated rings. The van der Waals surface area contributed by atoms with Gasteiger partial charge >= 0.3 is 5.97 Å². The lowest BCUT2D eigenvalue weighted by Gasteiger charge is -2.16. The van der Waals surface area contributed by atoms with Crippen LogP contribution in [-0.4, -0.2) is 26.8 Å². The Labute approximate surface area is 147 Å². The SMILES string of the molecule is COc1ccc(CC2COC(=O)C2Cc2ccc(N)cc2)cc1OC. The summed E-state index contributed by atoms with van der Waals surface area (Å²) in [5, 5.41) is 0. The molecule has 0 spiro atoms. The molecule has 1 saturated heterocycles. The topological polar surface area (TPSA) is 70.8 Å². The van der Waals surface area contributed by atoms with E-state index in [-0.39, 0.29) is 17.8 Å². The van der Waals surface area contributed by atoms with E-state index >= 15 is 0 Å². The number of rotatable bonds is 6. The fourth-order valence-corrected chi connectivity index (χ4v) is 3.27. The lowest BCUT2D eigenvalue weighted by atomic mass is 9.85. The van der Waals surface area contributed by atoms with Crippen molar-refractivity contribution in [2.24, 2.45) is 11.8 Å². The third-order valence-corrected chi connectivity index (χ3v) is 4.69. The zero-order valence-electron chi connectivity index (χ0n) is 14.5. The molecule has 2 N–H and O–H groups in total. The maximum Gasteiger partial charge on any atom is 0.309 e. The zero-order chi connectivity index (χ0) is 17.8. The molecule has 5 nitrogen and oxygen atoms in total. The molecule has 2 unspecified atom stereocenters. The van der Waals surface area contributed by atoms with Gasteiger partial charge in [-0.25, -0.2) is 0 Å². The van der Waals surface area contributed by atoms with Gasteiger partial charge in [0.1, 0.15) is 0 Å². The summed E-state index contributed by atoms with van der Waals surface area (Å²) in [6.45, 7) is 0.451. The Morgan fingerprint density at radius 1 is 1.00 bits per heavy atom. The largest absolute Gasteiger partial charge is 0.493 e.